The summed E-state index contributed by atoms with van der Waals surface area (Å²) >= 11 is 0. The zero-order valence-corrected chi connectivity index (χ0v) is 9.61. The largest absolute Gasteiger partial charge is 0.486 e. The molecular formula is C12H12N2O3. The van der Waals surface area contributed by atoms with E-state index in [2.05, 4.69) is 14.7 Å². The Morgan fingerprint density at radius 2 is 2.24 bits per heavy atom. The van der Waals surface area contributed by atoms with Crippen molar-refractivity contribution >= 4 is 0 Å². The van der Waals surface area contributed by atoms with Crippen molar-refractivity contribution in [2.45, 2.75) is 25.9 Å². The Kier molecular flexibility index (Phi) is 1.92. The number of hydrogen-bond donors (Lipinski definition) is 1. The fourth-order valence-electron chi connectivity index (χ4n) is 2.15. The Balaban J connectivity index is 2.15. The molecule has 2 heterocycles. The number of hydrogen-bond acceptors (Lipinski definition) is 4. The van der Waals surface area contributed by atoms with Gasteiger partial charge < -0.3 is 4.74 Å². The number of nitrogens with zero attached hydrogens (tertiary/aromatic N) is 1. The lowest BCUT2D eigenvalue weighted by Crippen LogP contribution is -2.24. The molecule has 0 aliphatic carbocycles. The van der Waals surface area contributed by atoms with Crippen LogP contribution in [0.4, 0.5) is 0 Å². The van der Waals surface area contributed by atoms with Crippen molar-refractivity contribution in [2.75, 3.05) is 0 Å². The van der Waals surface area contributed by atoms with E-state index in [0.717, 1.165) is 23.3 Å². The van der Waals surface area contributed by atoms with Crippen LogP contribution < -0.4 is 10.5 Å². The van der Waals surface area contributed by atoms with Crippen LogP contribution in [0.2, 0.25) is 0 Å². The van der Waals surface area contributed by atoms with E-state index in [1.165, 1.54) is 0 Å². The van der Waals surface area contributed by atoms with E-state index in [0.29, 0.717) is 5.82 Å². The Labute approximate surface area is 97.4 Å². The summed E-state index contributed by atoms with van der Waals surface area (Å²) in [5.41, 5.74) is 1.66. The van der Waals surface area contributed by atoms with Crippen LogP contribution in [-0.4, -0.2) is 15.7 Å². The second kappa shape index (κ2) is 3.23. The van der Waals surface area contributed by atoms with Gasteiger partial charge in [-0.3, -0.25) is 9.51 Å². The van der Waals surface area contributed by atoms with E-state index in [1.807, 2.05) is 32.0 Å². The Bertz CT molecular complexity index is 625. The Morgan fingerprint density at radius 1 is 1.41 bits per heavy atom. The molecule has 1 aliphatic heterocycles. The molecule has 0 unspecified atom stereocenters. The van der Waals surface area contributed by atoms with E-state index in [4.69, 9.17) is 4.74 Å². The molecule has 2 aromatic rings. The number of fused-ring (bicyclic) bond motifs is 1. The van der Waals surface area contributed by atoms with Crippen molar-refractivity contribution in [1.82, 2.24) is 10.1 Å². The molecule has 0 spiro atoms. The number of ether oxygens (including phenoxy) is 1. The quantitative estimate of drug-likeness (QED) is 0.813. The third-order valence-electron chi connectivity index (χ3n) is 2.79. The molecule has 0 saturated heterocycles. The van der Waals surface area contributed by atoms with Crippen LogP contribution in [0.3, 0.4) is 0 Å². The standard InChI is InChI=1S/C12H12N2O3/c1-12(2)6-7-4-3-5-8(9(7)16-12)10-13-11(15)17-14-10/h3-5H,6H2,1-2H3,(H,13,14,15). The number of aromatic amines is 1. The van der Waals surface area contributed by atoms with Gasteiger partial charge in [0.25, 0.3) is 0 Å². The first kappa shape index (κ1) is 10.1. The number of para-hydroxylation sites is 1. The predicted octanol–water partition coefficient (Wildman–Crippen LogP) is 1.74. The molecular weight excluding hydrogens is 220 g/mol. The fourth-order valence-corrected chi connectivity index (χ4v) is 2.15. The molecule has 3 rings (SSSR count). The lowest BCUT2D eigenvalue weighted by molar-refractivity contribution is 0.139. The highest BCUT2D eigenvalue weighted by atomic mass is 16.5. The van der Waals surface area contributed by atoms with Crippen molar-refractivity contribution in [3.63, 3.8) is 0 Å². The van der Waals surface area contributed by atoms with Gasteiger partial charge in [0, 0.05) is 6.42 Å². The van der Waals surface area contributed by atoms with Gasteiger partial charge in [0.2, 0.25) is 0 Å². The SMILES string of the molecule is CC1(C)Cc2cccc(-c3noc(=O)[nH]3)c2O1. The molecule has 0 fully saturated rings. The summed E-state index contributed by atoms with van der Waals surface area (Å²) in [6.45, 7) is 4.06. The first-order chi connectivity index (χ1) is 8.05. The number of rotatable bonds is 1. The fraction of sp³-hybridized carbons (Fsp3) is 0.333. The summed E-state index contributed by atoms with van der Waals surface area (Å²) in [5, 5.41) is 3.69. The molecule has 5 heteroatoms. The monoisotopic (exact) mass is 232 g/mol. The van der Waals surface area contributed by atoms with Gasteiger partial charge in [0.05, 0.1) is 5.56 Å². The van der Waals surface area contributed by atoms with Crippen LogP contribution in [0.1, 0.15) is 19.4 Å². The number of benzene rings is 1. The third-order valence-corrected chi connectivity index (χ3v) is 2.79. The van der Waals surface area contributed by atoms with E-state index in [9.17, 15) is 4.79 Å². The van der Waals surface area contributed by atoms with Gasteiger partial charge in [-0.25, -0.2) is 4.79 Å². The average Bonchev–Trinajstić information content (AvgIpc) is 2.78. The van der Waals surface area contributed by atoms with Gasteiger partial charge in [0.15, 0.2) is 5.82 Å². The molecule has 17 heavy (non-hydrogen) atoms. The molecule has 0 amide bonds. The minimum Gasteiger partial charge on any atom is -0.486 e. The number of H-pyrrole nitrogens is 1. The molecule has 0 radical (unpaired) electrons. The smallest absolute Gasteiger partial charge is 0.439 e. The lowest BCUT2D eigenvalue weighted by Gasteiger charge is -2.17. The normalized spacial score (nSPS) is 16.6. The zero-order valence-electron chi connectivity index (χ0n) is 9.61. The summed E-state index contributed by atoms with van der Waals surface area (Å²) in [5.74, 6) is 0.626. The van der Waals surface area contributed by atoms with Crippen molar-refractivity contribution in [2.24, 2.45) is 0 Å². The first-order valence-corrected chi connectivity index (χ1v) is 5.42. The minimum atomic E-state index is -0.560. The second-order valence-corrected chi connectivity index (χ2v) is 4.78. The maximum atomic E-state index is 11.0. The van der Waals surface area contributed by atoms with E-state index in [-0.39, 0.29) is 5.60 Å². The van der Waals surface area contributed by atoms with Gasteiger partial charge in [-0.1, -0.05) is 17.3 Å². The number of aromatic nitrogens is 2. The van der Waals surface area contributed by atoms with Crippen LogP contribution in [0.25, 0.3) is 11.4 Å². The molecule has 0 bridgehead atoms. The molecule has 0 saturated carbocycles. The van der Waals surface area contributed by atoms with Crippen molar-refractivity contribution < 1.29 is 9.26 Å². The molecule has 1 N–H and O–H groups in total. The average molecular weight is 232 g/mol. The predicted molar refractivity (Wildman–Crippen MR) is 61.0 cm³/mol. The molecule has 88 valence electrons. The second-order valence-electron chi connectivity index (χ2n) is 4.78. The van der Waals surface area contributed by atoms with E-state index >= 15 is 0 Å². The lowest BCUT2D eigenvalue weighted by atomic mass is 10.0. The topological polar surface area (TPSA) is 68.1 Å². The van der Waals surface area contributed by atoms with Crippen molar-refractivity contribution in [3.8, 4) is 17.1 Å². The molecule has 0 atom stereocenters. The van der Waals surface area contributed by atoms with Crippen molar-refractivity contribution in [3.05, 3.63) is 34.3 Å². The summed E-state index contributed by atoms with van der Waals surface area (Å²) < 4.78 is 10.4. The zero-order chi connectivity index (χ0) is 12.0. The molecule has 5 nitrogen and oxygen atoms in total. The van der Waals surface area contributed by atoms with Crippen LogP contribution in [0.15, 0.2) is 27.5 Å². The number of nitrogens with one attached hydrogen (secondary N) is 1. The van der Waals surface area contributed by atoms with Gasteiger partial charge in [-0.05, 0) is 25.5 Å². The van der Waals surface area contributed by atoms with Gasteiger partial charge >= 0.3 is 5.76 Å². The molecule has 1 aromatic carbocycles. The summed E-state index contributed by atoms with van der Waals surface area (Å²) in [7, 11) is 0. The first-order valence-electron chi connectivity index (χ1n) is 5.42. The summed E-state index contributed by atoms with van der Waals surface area (Å²) in [6, 6.07) is 5.80. The van der Waals surface area contributed by atoms with Gasteiger partial charge in [0.1, 0.15) is 11.4 Å². The van der Waals surface area contributed by atoms with Crippen molar-refractivity contribution in [1.29, 1.82) is 0 Å². The molecule has 1 aliphatic rings. The van der Waals surface area contributed by atoms with Gasteiger partial charge in [-0.2, -0.15) is 0 Å². The highest BCUT2D eigenvalue weighted by molar-refractivity contribution is 5.67. The van der Waals surface area contributed by atoms with Crippen LogP contribution >= 0.6 is 0 Å². The van der Waals surface area contributed by atoms with Crippen LogP contribution in [-0.2, 0) is 6.42 Å². The highest BCUT2D eigenvalue weighted by Gasteiger charge is 2.32. The Hall–Kier alpha value is -2.04. The highest BCUT2D eigenvalue weighted by Crippen LogP contribution is 2.40. The third kappa shape index (κ3) is 1.63. The maximum absolute atomic E-state index is 11.0. The van der Waals surface area contributed by atoms with Crippen LogP contribution in [0.5, 0.6) is 5.75 Å². The maximum Gasteiger partial charge on any atom is 0.439 e. The van der Waals surface area contributed by atoms with Crippen LogP contribution in [0, 0.1) is 0 Å². The van der Waals surface area contributed by atoms with E-state index < -0.39 is 5.76 Å². The summed E-state index contributed by atoms with van der Waals surface area (Å²) in [4.78, 5) is 13.5. The minimum absolute atomic E-state index is 0.220. The molecule has 1 aromatic heterocycles. The van der Waals surface area contributed by atoms with Gasteiger partial charge in [-0.15, -0.1) is 0 Å². The Morgan fingerprint density at radius 3 is 2.94 bits per heavy atom. The van der Waals surface area contributed by atoms with E-state index in [1.54, 1.807) is 0 Å². The summed E-state index contributed by atoms with van der Waals surface area (Å²) in [6.07, 6.45) is 0.845.